The van der Waals surface area contributed by atoms with Crippen LogP contribution < -0.4 is 9.46 Å². The zero-order valence-electron chi connectivity index (χ0n) is 15.2. The van der Waals surface area contributed by atoms with Crippen LogP contribution in [0.15, 0.2) is 65.8 Å². The lowest BCUT2D eigenvalue weighted by molar-refractivity contribution is 0.416. The Balaban J connectivity index is 1.81. The van der Waals surface area contributed by atoms with Crippen molar-refractivity contribution < 1.29 is 13.2 Å². The topological polar surface area (TPSA) is 81.2 Å². The molecule has 6 nitrogen and oxygen atoms in total. The maximum atomic E-state index is 12.7. The van der Waals surface area contributed by atoms with Crippen molar-refractivity contribution in [1.82, 2.24) is 14.7 Å². The number of hydrogen-bond acceptors (Lipinski definition) is 5. The number of sulfonamides is 1. The highest BCUT2D eigenvalue weighted by molar-refractivity contribution is 7.89. The number of nitrogens with one attached hydrogen (secondary N) is 1. The summed E-state index contributed by atoms with van der Waals surface area (Å²) in [6.07, 6.45) is 3.69. The van der Waals surface area contributed by atoms with Crippen LogP contribution in [0.1, 0.15) is 11.4 Å². The highest BCUT2D eigenvalue weighted by Crippen LogP contribution is 2.32. The van der Waals surface area contributed by atoms with E-state index in [1.165, 1.54) is 0 Å². The molecular weight excluding hydrogens is 362 g/mol. The summed E-state index contributed by atoms with van der Waals surface area (Å²) < 4.78 is 33.4. The molecule has 1 N–H and O–H groups in total. The molecule has 0 aliphatic carbocycles. The second kappa shape index (κ2) is 8.28. The number of rotatable bonds is 7. The van der Waals surface area contributed by atoms with Crippen LogP contribution in [0.25, 0.3) is 11.1 Å². The van der Waals surface area contributed by atoms with Crippen LogP contribution in [-0.2, 0) is 16.4 Å². The van der Waals surface area contributed by atoms with Gasteiger partial charge in [-0.25, -0.2) is 13.1 Å². The van der Waals surface area contributed by atoms with Crippen LogP contribution in [0.5, 0.6) is 5.75 Å². The van der Waals surface area contributed by atoms with Crippen molar-refractivity contribution in [1.29, 1.82) is 0 Å². The molecule has 1 aromatic heterocycles. The van der Waals surface area contributed by atoms with Gasteiger partial charge in [0.05, 0.1) is 23.4 Å². The molecule has 0 radical (unpaired) electrons. The number of methoxy groups -OCH3 is 1. The number of benzene rings is 2. The fourth-order valence-electron chi connectivity index (χ4n) is 2.77. The van der Waals surface area contributed by atoms with Gasteiger partial charge in [-0.15, -0.1) is 0 Å². The standard InChI is InChI=1S/C20H21N3O3S/c1-15-19(22-13-12-21-15)10-11-23-27(24,25)17-8-9-20(26-2)18(14-17)16-6-4-3-5-7-16/h3-9,12-14,23H,10-11H2,1-2H3. The smallest absolute Gasteiger partial charge is 0.240 e. The van der Waals surface area contributed by atoms with Gasteiger partial charge in [-0.05, 0) is 30.7 Å². The lowest BCUT2D eigenvalue weighted by Gasteiger charge is -2.12. The van der Waals surface area contributed by atoms with Crippen LogP contribution in [0.4, 0.5) is 0 Å². The fraction of sp³-hybridized carbons (Fsp3) is 0.200. The van der Waals surface area contributed by atoms with Gasteiger partial charge in [0.2, 0.25) is 10.0 Å². The third-order valence-corrected chi connectivity index (χ3v) is 5.66. The van der Waals surface area contributed by atoms with E-state index < -0.39 is 10.0 Å². The Morgan fingerprint density at radius 3 is 2.48 bits per heavy atom. The predicted molar refractivity (Wildman–Crippen MR) is 104 cm³/mol. The third kappa shape index (κ3) is 4.50. The molecule has 0 unspecified atom stereocenters. The van der Waals surface area contributed by atoms with E-state index in [4.69, 9.17) is 4.74 Å². The maximum absolute atomic E-state index is 12.7. The van der Waals surface area contributed by atoms with Gasteiger partial charge in [-0.1, -0.05) is 30.3 Å². The van der Waals surface area contributed by atoms with Crippen molar-refractivity contribution >= 4 is 10.0 Å². The van der Waals surface area contributed by atoms with E-state index in [-0.39, 0.29) is 11.4 Å². The van der Waals surface area contributed by atoms with Gasteiger partial charge in [-0.3, -0.25) is 9.97 Å². The van der Waals surface area contributed by atoms with Crippen molar-refractivity contribution in [2.75, 3.05) is 13.7 Å². The van der Waals surface area contributed by atoms with Crippen LogP contribution in [-0.4, -0.2) is 32.0 Å². The van der Waals surface area contributed by atoms with Crippen LogP contribution in [0.2, 0.25) is 0 Å². The molecular formula is C20H21N3O3S. The first kappa shape index (κ1) is 19.0. The van der Waals surface area contributed by atoms with Gasteiger partial charge >= 0.3 is 0 Å². The van der Waals surface area contributed by atoms with Gasteiger partial charge in [0.25, 0.3) is 0 Å². The Labute approximate surface area is 159 Å². The van der Waals surface area contributed by atoms with Crippen LogP contribution >= 0.6 is 0 Å². The molecule has 0 fully saturated rings. The second-order valence-electron chi connectivity index (χ2n) is 5.96. The van der Waals surface area contributed by atoms with Crippen molar-refractivity contribution in [2.45, 2.75) is 18.2 Å². The van der Waals surface area contributed by atoms with Crippen molar-refractivity contribution in [2.24, 2.45) is 0 Å². The van der Waals surface area contributed by atoms with Crippen molar-refractivity contribution in [3.63, 3.8) is 0 Å². The molecule has 27 heavy (non-hydrogen) atoms. The number of nitrogens with zero attached hydrogens (tertiary/aromatic N) is 2. The number of aryl methyl sites for hydroxylation is 1. The fourth-order valence-corrected chi connectivity index (χ4v) is 3.82. The Hall–Kier alpha value is -2.77. The molecule has 1 heterocycles. The third-order valence-electron chi connectivity index (χ3n) is 4.20. The molecule has 7 heteroatoms. The summed E-state index contributed by atoms with van der Waals surface area (Å²) in [5.74, 6) is 0.621. The zero-order valence-corrected chi connectivity index (χ0v) is 16.0. The number of aromatic nitrogens is 2. The van der Waals surface area contributed by atoms with Crippen LogP contribution in [0, 0.1) is 6.92 Å². The molecule has 0 spiro atoms. The molecule has 3 aromatic rings. The summed E-state index contributed by atoms with van der Waals surface area (Å²) in [6, 6.07) is 14.4. The minimum atomic E-state index is -3.65. The first-order chi connectivity index (χ1) is 13.0. The Bertz CT molecular complexity index is 1020. The highest BCUT2D eigenvalue weighted by Gasteiger charge is 2.17. The molecule has 0 atom stereocenters. The molecule has 0 aliphatic heterocycles. The van der Waals surface area contributed by atoms with Crippen molar-refractivity contribution in [3.8, 4) is 16.9 Å². The normalized spacial score (nSPS) is 11.3. The summed E-state index contributed by atoms with van der Waals surface area (Å²) in [4.78, 5) is 8.59. The Morgan fingerprint density at radius 1 is 1.04 bits per heavy atom. The molecule has 0 saturated carbocycles. The molecule has 0 saturated heterocycles. The summed E-state index contributed by atoms with van der Waals surface area (Å²) in [5, 5.41) is 0. The lowest BCUT2D eigenvalue weighted by Crippen LogP contribution is -2.26. The van der Waals surface area contributed by atoms with Gasteiger partial charge in [-0.2, -0.15) is 0 Å². The highest BCUT2D eigenvalue weighted by atomic mass is 32.2. The van der Waals surface area contributed by atoms with Gasteiger partial charge in [0.1, 0.15) is 5.75 Å². The second-order valence-corrected chi connectivity index (χ2v) is 7.73. The monoisotopic (exact) mass is 383 g/mol. The Kier molecular flexibility index (Phi) is 5.83. The van der Waals surface area contributed by atoms with Gasteiger partial charge in [0, 0.05) is 30.9 Å². The minimum Gasteiger partial charge on any atom is -0.496 e. The van der Waals surface area contributed by atoms with E-state index in [1.807, 2.05) is 37.3 Å². The van der Waals surface area contributed by atoms with Crippen molar-refractivity contribution in [3.05, 3.63) is 72.3 Å². The first-order valence-electron chi connectivity index (χ1n) is 8.51. The summed E-state index contributed by atoms with van der Waals surface area (Å²) in [7, 11) is -2.09. The maximum Gasteiger partial charge on any atom is 0.240 e. The van der Waals surface area contributed by atoms with Crippen LogP contribution in [0.3, 0.4) is 0 Å². The summed E-state index contributed by atoms with van der Waals surface area (Å²) in [6.45, 7) is 2.10. The quantitative estimate of drug-likeness (QED) is 0.678. The average Bonchev–Trinajstić information content (AvgIpc) is 2.69. The number of hydrogen-bond donors (Lipinski definition) is 1. The summed E-state index contributed by atoms with van der Waals surface area (Å²) in [5.41, 5.74) is 3.19. The molecule has 0 aliphatic rings. The Morgan fingerprint density at radius 2 is 1.78 bits per heavy atom. The SMILES string of the molecule is COc1ccc(S(=O)(=O)NCCc2nccnc2C)cc1-c1ccccc1. The van der Waals surface area contributed by atoms with E-state index in [0.29, 0.717) is 12.2 Å². The minimum absolute atomic E-state index is 0.193. The first-order valence-corrected chi connectivity index (χ1v) is 9.99. The van der Waals surface area contributed by atoms with Gasteiger partial charge < -0.3 is 4.74 Å². The molecule has 0 bridgehead atoms. The molecule has 2 aromatic carbocycles. The lowest BCUT2D eigenvalue weighted by atomic mass is 10.1. The zero-order chi connectivity index (χ0) is 19.3. The summed E-state index contributed by atoms with van der Waals surface area (Å²) >= 11 is 0. The van der Waals surface area contributed by atoms with E-state index in [1.54, 1.807) is 37.7 Å². The van der Waals surface area contributed by atoms with Gasteiger partial charge in [0.15, 0.2) is 0 Å². The van der Waals surface area contributed by atoms with E-state index in [9.17, 15) is 8.42 Å². The van der Waals surface area contributed by atoms with E-state index in [2.05, 4.69) is 14.7 Å². The molecule has 3 rings (SSSR count). The predicted octanol–water partition coefficient (Wildman–Crippen LogP) is 2.98. The van der Waals surface area contributed by atoms with E-state index in [0.717, 1.165) is 22.5 Å². The average molecular weight is 383 g/mol. The van der Waals surface area contributed by atoms with E-state index >= 15 is 0 Å². The molecule has 140 valence electrons. The number of ether oxygens (including phenoxy) is 1. The molecule has 0 amide bonds. The largest absolute Gasteiger partial charge is 0.496 e.